The van der Waals surface area contributed by atoms with Crippen molar-refractivity contribution in [1.82, 2.24) is 4.90 Å². The van der Waals surface area contributed by atoms with E-state index in [2.05, 4.69) is 18.2 Å². The highest BCUT2D eigenvalue weighted by Crippen LogP contribution is 2.24. The summed E-state index contributed by atoms with van der Waals surface area (Å²) in [5.74, 6) is -0.0277. The van der Waals surface area contributed by atoms with Gasteiger partial charge in [0.25, 0.3) is 0 Å². The van der Waals surface area contributed by atoms with Crippen molar-refractivity contribution in [3.8, 4) is 0 Å². The van der Waals surface area contributed by atoms with E-state index in [0.29, 0.717) is 19.8 Å². The summed E-state index contributed by atoms with van der Waals surface area (Å²) < 4.78 is 5.28. The van der Waals surface area contributed by atoms with Gasteiger partial charge in [0, 0.05) is 19.1 Å². The molecule has 2 aliphatic heterocycles. The van der Waals surface area contributed by atoms with Gasteiger partial charge >= 0.3 is 0 Å². The van der Waals surface area contributed by atoms with Gasteiger partial charge in [-0.05, 0) is 17.6 Å². The minimum absolute atomic E-state index is 0.137. The zero-order valence-electron chi connectivity index (χ0n) is 11.5. The van der Waals surface area contributed by atoms with E-state index >= 15 is 0 Å². The largest absolute Gasteiger partial charge is 0.379 e. The van der Waals surface area contributed by atoms with Crippen molar-refractivity contribution in [1.29, 1.82) is 0 Å². The third-order valence-corrected chi connectivity index (χ3v) is 4.11. The van der Waals surface area contributed by atoms with Gasteiger partial charge in [-0.15, -0.1) is 0 Å². The summed E-state index contributed by atoms with van der Waals surface area (Å²) in [5.41, 5.74) is 8.49. The van der Waals surface area contributed by atoms with Gasteiger partial charge < -0.3 is 15.4 Å². The Morgan fingerprint density at radius 2 is 2.05 bits per heavy atom. The van der Waals surface area contributed by atoms with E-state index in [0.717, 1.165) is 13.0 Å². The fourth-order valence-electron chi connectivity index (χ4n) is 2.84. The van der Waals surface area contributed by atoms with Crippen LogP contribution in [0.5, 0.6) is 0 Å². The maximum Gasteiger partial charge on any atom is 0.229 e. The van der Waals surface area contributed by atoms with Crippen LogP contribution < -0.4 is 5.73 Å². The van der Waals surface area contributed by atoms with Crippen molar-refractivity contribution in [2.75, 3.05) is 26.3 Å². The molecule has 0 saturated carbocycles. The molecule has 0 aromatic heterocycles. The number of benzene rings is 1. The topological polar surface area (TPSA) is 55.6 Å². The normalized spacial score (nSPS) is 26.4. The predicted molar refractivity (Wildman–Crippen MR) is 77.9 cm³/mol. The second kappa shape index (κ2) is 5.77. The van der Waals surface area contributed by atoms with Crippen LogP contribution in [0, 0.1) is 5.92 Å². The number of hydrogen-bond acceptors (Lipinski definition) is 3. The van der Waals surface area contributed by atoms with Gasteiger partial charge in [0.05, 0.1) is 19.1 Å². The van der Waals surface area contributed by atoms with Crippen molar-refractivity contribution in [3.63, 3.8) is 0 Å². The summed E-state index contributed by atoms with van der Waals surface area (Å²) in [4.78, 5) is 14.3. The molecule has 2 aliphatic rings. The minimum Gasteiger partial charge on any atom is -0.379 e. The highest BCUT2D eigenvalue weighted by atomic mass is 16.5. The van der Waals surface area contributed by atoms with Crippen LogP contribution in [0.1, 0.15) is 12.0 Å². The number of nitrogens with two attached hydrogens (primary N) is 1. The van der Waals surface area contributed by atoms with Gasteiger partial charge in [0.1, 0.15) is 0 Å². The third-order valence-electron chi connectivity index (χ3n) is 4.11. The highest BCUT2D eigenvalue weighted by Gasteiger charge is 2.34. The molecule has 0 aliphatic carbocycles. The summed E-state index contributed by atoms with van der Waals surface area (Å²) in [5, 5.41) is 0. The van der Waals surface area contributed by atoms with E-state index in [1.807, 2.05) is 23.1 Å². The summed E-state index contributed by atoms with van der Waals surface area (Å²) in [6.07, 6.45) is 3.05. The fourth-order valence-corrected chi connectivity index (χ4v) is 2.84. The molecular weight excluding hydrogens is 252 g/mol. The summed E-state index contributed by atoms with van der Waals surface area (Å²) in [6, 6.07) is 10.2. The Morgan fingerprint density at radius 3 is 2.65 bits per heavy atom. The zero-order chi connectivity index (χ0) is 13.9. The standard InChI is InChI=1S/C16H20N2O2/c17-15-11-20-10-14(15)16(19)18-8-6-13(7-9-18)12-4-2-1-3-5-12/h1-6,14-15H,7-11,17H2. The van der Waals surface area contributed by atoms with Crippen LogP contribution >= 0.6 is 0 Å². The Kier molecular flexibility index (Phi) is 3.85. The number of nitrogens with zero attached hydrogens (tertiary/aromatic N) is 1. The molecule has 3 rings (SSSR count). The minimum atomic E-state index is -0.165. The van der Waals surface area contributed by atoms with Gasteiger partial charge in [0.15, 0.2) is 0 Å². The molecule has 0 spiro atoms. The zero-order valence-corrected chi connectivity index (χ0v) is 11.5. The lowest BCUT2D eigenvalue weighted by Gasteiger charge is -2.29. The molecule has 2 atom stereocenters. The van der Waals surface area contributed by atoms with Crippen LogP contribution in [0.2, 0.25) is 0 Å². The quantitative estimate of drug-likeness (QED) is 0.882. The first kappa shape index (κ1) is 13.3. The van der Waals surface area contributed by atoms with E-state index in [1.54, 1.807) is 0 Å². The van der Waals surface area contributed by atoms with E-state index in [4.69, 9.17) is 10.5 Å². The van der Waals surface area contributed by atoms with Crippen molar-refractivity contribution in [3.05, 3.63) is 42.0 Å². The highest BCUT2D eigenvalue weighted by molar-refractivity contribution is 5.81. The number of ether oxygens (including phenoxy) is 1. The first-order valence-corrected chi connectivity index (χ1v) is 7.12. The molecule has 1 aromatic carbocycles. The average Bonchev–Trinajstić information content (AvgIpc) is 2.94. The van der Waals surface area contributed by atoms with Gasteiger partial charge in [0.2, 0.25) is 5.91 Å². The average molecular weight is 272 g/mol. The Labute approximate surface area is 119 Å². The lowest BCUT2D eigenvalue weighted by atomic mass is 9.97. The third kappa shape index (κ3) is 2.62. The van der Waals surface area contributed by atoms with E-state index in [9.17, 15) is 4.79 Å². The molecule has 4 heteroatoms. The second-order valence-corrected chi connectivity index (χ2v) is 5.44. The maximum absolute atomic E-state index is 12.4. The molecule has 1 aromatic rings. The fraction of sp³-hybridized carbons (Fsp3) is 0.438. The number of carbonyl (C=O) groups excluding carboxylic acids is 1. The molecule has 0 radical (unpaired) electrons. The molecule has 1 amide bonds. The summed E-state index contributed by atoms with van der Waals surface area (Å²) >= 11 is 0. The Bertz CT molecular complexity index is 512. The summed E-state index contributed by atoms with van der Waals surface area (Å²) in [6.45, 7) is 2.40. The SMILES string of the molecule is NC1COCC1C(=O)N1CC=C(c2ccccc2)CC1. The molecule has 2 heterocycles. The first-order valence-electron chi connectivity index (χ1n) is 7.12. The van der Waals surface area contributed by atoms with Crippen molar-refractivity contribution in [2.45, 2.75) is 12.5 Å². The number of hydrogen-bond donors (Lipinski definition) is 1. The Hall–Kier alpha value is -1.65. The van der Waals surface area contributed by atoms with E-state index in [-0.39, 0.29) is 17.9 Å². The number of carbonyl (C=O) groups is 1. The Balaban J connectivity index is 1.66. The molecule has 2 unspecified atom stereocenters. The molecule has 4 nitrogen and oxygen atoms in total. The predicted octanol–water partition coefficient (Wildman–Crippen LogP) is 1.28. The van der Waals surface area contributed by atoms with Gasteiger partial charge in [-0.2, -0.15) is 0 Å². The maximum atomic E-state index is 12.4. The van der Waals surface area contributed by atoms with E-state index < -0.39 is 0 Å². The molecule has 20 heavy (non-hydrogen) atoms. The first-order chi connectivity index (χ1) is 9.75. The number of amides is 1. The van der Waals surface area contributed by atoms with Gasteiger partial charge in [-0.3, -0.25) is 4.79 Å². The van der Waals surface area contributed by atoms with Gasteiger partial charge in [-0.25, -0.2) is 0 Å². The van der Waals surface area contributed by atoms with Crippen LogP contribution in [0.4, 0.5) is 0 Å². The lowest BCUT2D eigenvalue weighted by Crippen LogP contribution is -2.45. The molecule has 2 N–H and O–H groups in total. The smallest absolute Gasteiger partial charge is 0.229 e. The van der Waals surface area contributed by atoms with E-state index in [1.165, 1.54) is 11.1 Å². The molecule has 1 fully saturated rings. The van der Waals surface area contributed by atoms with Crippen LogP contribution in [0.15, 0.2) is 36.4 Å². The molecular formula is C16H20N2O2. The van der Waals surface area contributed by atoms with Crippen LogP contribution in [-0.4, -0.2) is 43.2 Å². The monoisotopic (exact) mass is 272 g/mol. The summed E-state index contributed by atoms with van der Waals surface area (Å²) in [7, 11) is 0. The molecule has 106 valence electrons. The van der Waals surface area contributed by atoms with Crippen LogP contribution in [0.25, 0.3) is 5.57 Å². The number of rotatable bonds is 2. The lowest BCUT2D eigenvalue weighted by molar-refractivity contribution is -0.135. The van der Waals surface area contributed by atoms with Gasteiger partial charge in [-0.1, -0.05) is 36.4 Å². The molecule has 0 bridgehead atoms. The van der Waals surface area contributed by atoms with Crippen molar-refractivity contribution in [2.24, 2.45) is 11.7 Å². The Morgan fingerprint density at radius 1 is 1.25 bits per heavy atom. The van der Waals surface area contributed by atoms with Crippen molar-refractivity contribution >= 4 is 11.5 Å². The van der Waals surface area contributed by atoms with Crippen molar-refractivity contribution < 1.29 is 9.53 Å². The molecule has 1 saturated heterocycles. The van der Waals surface area contributed by atoms with Crippen LogP contribution in [0.3, 0.4) is 0 Å². The van der Waals surface area contributed by atoms with Crippen LogP contribution in [-0.2, 0) is 9.53 Å². The second-order valence-electron chi connectivity index (χ2n) is 5.44.